The maximum atomic E-state index is 12.3. The van der Waals surface area contributed by atoms with Gasteiger partial charge in [-0.1, -0.05) is 52.2 Å². The summed E-state index contributed by atoms with van der Waals surface area (Å²) >= 11 is 0. The van der Waals surface area contributed by atoms with Gasteiger partial charge in [-0.05, 0) is 131 Å². The van der Waals surface area contributed by atoms with Crippen LogP contribution in [-0.4, -0.2) is 49.6 Å². The zero-order chi connectivity index (χ0) is 38.4. The highest BCUT2D eigenvalue weighted by atomic mass is 16.5. The Kier molecular flexibility index (Phi) is 7.84. The van der Waals surface area contributed by atoms with Crippen molar-refractivity contribution in [2.45, 2.75) is 123 Å². The van der Waals surface area contributed by atoms with Crippen LogP contribution >= 0.6 is 0 Å². The van der Waals surface area contributed by atoms with Gasteiger partial charge in [0.05, 0.1) is 34.6 Å². The number of esters is 1. The Balaban J connectivity index is 1.32. The second-order valence-corrected chi connectivity index (χ2v) is 18.8. The maximum Gasteiger partial charge on any atom is 0.331 e. The molecule has 1 aliphatic heterocycles. The van der Waals surface area contributed by atoms with E-state index >= 15 is 0 Å². The summed E-state index contributed by atoms with van der Waals surface area (Å²) in [5, 5.41) is 38.2. The van der Waals surface area contributed by atoms with Crippen LogP contribution in [0.15, 0.2) is 55.2 Å². The molecular formula is C46H57NO6. The first-order chi connectivity index (χ1) is 24.7. The van der Waals surface area contributed by atoms with E-state index in [0.29, 0.717) is 12.3 Å². The zero-order valence-electron chi connectivity index (χ0n) is 33.0. The van der Waals surface area contributed by atoms with Crippen molar-refractivity contribution in [3.8, 4) is 5.75 Å². The second-order valence-electron chi connectivity index (χ2n) is 18.8. The lowest BCUT2D eigenvalue weighted by molar-refractivity contribution is -0.144. The normalized spacial score (nSPS) is 35.5. The van der Waals surface area contributed by atoms with Crippen molar-refractivity contribution >= 4 is 33.4 Å². The van der Waals surface area contributed by atoms with Gasteiger partial charge >= 0.3 is 5.97 Å². The highest BCUT2D eigenvalue weighted by Crippen LogP contribution is 2.71. The average molecular weight is 720 g/mol. The fraction of sp³-hybridized carbons (Fsp3) is 0.543. The van der Waals surface area contributed by atoms with Crippen molar-refractivity contribution in [1.29, 1.82) is 0 Å². The first-order valence-corrected chi connectivity index (χ1v) is 19.5. The predicted octanol–water partition coefficient (Wildman–Crippen LogP) is 9.14. The molecule has 3 heterocycles. The minimum absolute atomic E-state index is 0.157. The van der Waals surface area contributed by atoms with Gasteiger partial charge in [0.15, 0.2) is 0 Å². The van der Waals surface area contributed by atoms with E-state index in [9.17, 15) is 20.1 Å². The molecule has 7 heteroatoms. The number of carbonyl (C=O) groups excluding carboxylic acids is 1. The number of fused-ring (bicyclic) bond motifs is 11. The lowest BCUT2D eigenvalue weighted by atomic mass is 9.40. The van der Waals surface area contributed by atoms with Crippen LogP contribution in [0, 0.1) is 28.6 Å². The van der Waals surface area contributed by atoms with E-state index in [0.717, 1.165) is 75.5 Å². The number of nitrogens with zero attached hydrogens (tertiary/aromatic N) is 1. The summed E-state index contributed by atoms with van der Waals surface area (Å²) in [5.74, 6) is 0.0703. The largest absolute Gasteiger partial charge is 0.505 e. The number of hydrogen-bond acceptors (Lipinski definition) is 6. The molecule has 2 saturated carbocycles. The monoisotopic (exact) mass is 719 g/mol. The molecule has 53 heavy (non-hydrogen) atoms. The molecule has 0 saturated heterocycles. The van der Waals surface area contributed by atoms with Gasteiger partial charge in [0.25, 0.3) is 0 Å². The van der Waals surface area contributed by atoms with E-state index < -0.39 is 34.8 Å². The number of aliphatic hydroxyl groups is 2. The molecule has 3 aromatic rings. The molecule has 0 radical (unpaired) electrons. The van der Waals surface area contributed by atoms with Crippen molar-refractivity contribution in [2.75, 3.05) is 6.61 Å². The SMILES string of the molecule is C=CCOC(=O)C=C(C)C=C[C@]1(C)[C@@H](O)CC[C@@]2(C)[C@H]1CCC1Cc3c(n4c(C(=C)C)c(O)c5c6c(cc3c54)C3=CC(C)(C)OC(C)(C)C3[C@@H]6O)[C@@]12C. The molecule has 3 N–H and O–H groups in total. The highest BCUT2D eigenvalue weighted by molar-refractivity contribution is 6.11. The number of hydrogen-bond donors (Lipinski definition) is 3. The highest BCUT2D eigenvalue weighted by Gasteiger charge is 2.67. The van der Waals surface area contributed by atoms with E-state index in [2.05, 4.69) is 84.2 Å². The molecule has 5 aliphatic rings. The predicted molar refractivity (Wildman–Crippen MR) is 211 cm³/mol. The Morgan fingerprint density at radius 3 is 2.49 bits per heavy atom. The number of rotatable bonds is 6. The summed E-state index contributed by atoms with van der Waals surface area (Å²) < 4.78 is 14.1. The Hall–Kier alpha value is -3.65. The van der Waals surface area contributed by atoms with Crippen LogP contribution in [0.1, 0.15) is 122 Å². The lowest BCUT2D eigenvalue weighted by Crippen LogP contribution is -2.62. The van der Waals surface area contributed by atoms with Crippen LogP contribution < -0.4 is 0 Å². The Labute approximate surface area is 314 Å². The Morgan fingerprint density at radius 1 is 1.09 bits per heavy atom. The van der Waals surface area contributed by atoms with Crippen molar-refractivity contribution in [1.82, 2.24) is 4.40 Å². The Bertz CT molecular complexity index is 2200. The smallest absolute Gasteiger partial charge is 0.331 e. The van der Waals surface area contributed by atoms with E-state index in [1.165, 1.54) is 17.3 Å². The second kappa shape index (κ2) is 11.4. The van der Waals surface area contributed by atoms with Crippen LogP contribution in [0.2, 0.25) is 0 Å². The van der Waals surface area contributed by atoms with Crippen LogP contribution in [0.3, 0.4) is 0 Å². The molecule has 4 aliphatic carbocycles. The minimum Gasteiger partial charge on any atom is -0.505 e. The van der Waals surface area contributed by atoms with Gasteiger partial charge in [0, 0.05) is 44.9 Å². The summed E-state index contributed by atoms with van der Waals surface area (Å²) in [5.41, 5.74) is 6.63. The van der Waals surface area contributed by atoms with Crippen molar-refractivity contribution in [3.05, 3.63) is 83.3 Å². The third-order valence-electron chi connectivity index (χ3n) is 14.8. The molecule has 0 amide bonds. The van der Waals surface area contributed by atoms with E-state index in [-0.39, 0.29) is 35.0 Å². The average Bonchev–Trinajstić information content (AvgIpc) is 3.73. The van der Waals surface area contributed by atoms with Crippen LogP contribution in [0.4, 0.5) is 0 Å². The zero-order valence-corrected chi connectivity index (χ0v) is 33.0. The van der Waals surface area contributed by atoms with E-state index in [4.69, 9.17) is 9.47 Å². The third-order valence-corrected chi connectivity index (χ3v) is 14.8. The van der Waals surface area contributed by atoms with Gasteiger partial charge in [-0.15, -0.1) is 0 Å². The van der Waals surface area contributed by atoms with Crippen LogP contribution in [-0.2, 0) is 26.1 Å². The minimum atomic E-state index is -0.833. The van der Waals surface area contributed by atoms with Gasteiger partial charge in [-0.2, -0.15) is 0 Å². The quantitative estimate of drug-likeness (QED) is 0.102. The van der Waals surface area contributed by atoms with Gasteiger partial charge < -0.3 is 29.2 Å². The number of allylic oxidation sites excluding steroid dienone is 3. The first kappa shape index (κ1) is 36.3. The molecule has 282 valence electrons. The fourth-order valence-corrected chi connectivity index (χ4v) is 12.7. The molecule has 7 nitrogen and oxygen atoms in total. The standard InChI is InChI=1S/C46H57NO6/c1-12-19-52-33(49)20-25(4)15-17-44(9)31-14-13-26-21-29-28-22-27-30-23-42(5,6)53-43(7,8)36(30)39(50)34(27)35-38(28)47(37(24(2)3)40(35)51)41(29)46(26,11)45(31,10)18-16-32(44)48/h12,15,17,20,22-23,26,31-32,36,39,48,50-51H,1-2,13-14,16,18-19,21H2,3-11H3/t26?,31-,32-,36?,39+,44-,45-,46+/m0/s1. The Morgan fingerprint density at radius 2 is 1.81 bits per heavy atom. The molecule has 8 atom stereocenters. The molecule has 1 aromatic carbocycles. The fourth-order valence-electron chi connectivity index (χ4n) is 12.7. The summed E-state index contributed by atoms with van der Waals surface area (Å²) in [6.07, 6.45) is 12.5. The van der Waals surface area contributed by atoms with Gasteiger partial charge in [0.1, 0.15) is 12.4 Å². The number of aromatic hydroxyl groups is 1. The number of aliphatic hydroxyl groups excluding tert-OH is 2. The van der Waals surface area contributed by atoms with Gasteiger partial charge in [0.2, 0.25) is 0 Å². The molecular weight excluding hydrogens is 663 g/mol. The molecule has 0 spiro atoms. The van der Waals surface area contributed by atoms with Crippen molar-refractivity contribution < 1.29 is 29.6 Å². The van der Waals surface area contributed by atoms with Gasteiger partial charge in [-0.25, -0.2) is 4.79 Å². The molecule has 2 unspecified atom stereocenters. The first-order valence-electron chi connectivity index (χ1n) is 19.5. The van der Waals surface area contributed by atoms with E-state index in [1.807, 2.05) is 19.9 Å². The van der Waals surface area contributed by atoms with Crippen molar-refractivity contribution in [2.24, 2.45) is 28.6 Å². The van der Waals surface area contributed by atoms with E-state index in [1.54, 1.807) is 6.08 Å². The number of ether oxygens (including phenoxy) is 2. The topological polar surface area (TPSA) is 101 Å². The summed E-state index contributed by atoms with van der Waals surface area (Å²) in [4.78, 5) is 12.3. The molecule has 2 fully saturated rings. The van der Waals surface area contributed by atoms with Crippen LogP contribution in [0.25, 0.3) is 27.4 Å². The third kappa shape index (κ3) is 4.66. The van der Waals surface area contributed by atoms with Crippen LogP contribution in [0.5, 0.6) is 5.75 Å². The van der Waals surface area contributed by atoms with Crippen molar-refractivity contribution in [3.63, 3.8) is 0 Å². The molecule has 2 aromatic heterocycles. The lowest BCUT2D eigenvalue weighted by Gasteiger charge is -2.64. The van der Waals surface area contributed by atoms with Gasteiger partial charge in [-0.3, -0.25) is 0 Å². The molecule has 0 bridgehead atoms. The molecule has 8 rings (SSSR count). The summed E-state index contributed by atoms with van der Waals surface area (Å²) in [6, 6.07) is 2.32. The summed E-state index contributed by atoms with van der Waals surface area (Å²) in [7, 11) is 0. The maximum absolute atomic E-state index is 12.3. The number of benzene rings is 1. The summed E-state index contributed by atoms with van der Waals surface area (Å²) in [6.45, 7) is 27.4. The number of aromatic nitrogens is 1. The number of carbonyl (C=O) groups is 1.